The molecule has 0 aliphatic carbocycles. The van der Waals surface area contributed by atoms with Crippen LogP contribution in [0.15, 0.2) is 47.0 Å². The fourth-order valence-electron chi connectivity index (χ4n) is 2.73. The number of aliphatic hydroxyl groups is 1. The standard InChI is InChI=1S/C20H22N2O2/c1-13(2)10-15-4-6-16(7-5-15)20-21-19(22-24-20)17-8-9-18(12-23)14(3)11-17/h4-9,11,13,23H,10,12H2,1-3H3. The molecule has 2 aromatic carbocycles. The summed E-state index contributed by atoms with van der Waals surface area (Å²) in [5.41, 5.74) is 5.03. The van der Waals surface area contributed by atoms with Gasteiger partial charge < -0.3 is 9.63 Å². The fourth-order valence-corrected chi connectivity index (χ4v) is 2.73. The van der Waals surface area contributed by atoms with Crippen molar-refractivity contribution in [3.63, 3.8) is 0 Å². The van der Waals surface area contributed by atoms with Gasteiger partial charge in [0, 0.05) is 11.1 Å². The number of aryl methyl sites for hydroxylation is 1. The quantitative estimate of drug-likeness (QED) is 0.756. The van der Waals surface area contributed by atoms with Gasteiger partial charge in [0.25, 0.3) is 5.89 Å². The predicted molar refractivity (Wildman–Crippen MR) is 94.4 cm³/mol. The number of aromatic nitrogens is 2. The first-order valence-corrected chi connectivity index (χ1v) is 8.20. The molecule has 3 rings (SSSR count). The lowest BCUT2D eigenvalue weighted by molar-refractivity contribution is 0.281. The minimum absolute atomic E-state index is 0.0341. The molecule has 124 valence electrons. The summed E-state index contributed by atoms with van der Waals surface area (Å²) in [6.07, 6.45) is 1.06. The Balaban J connectivity index is 1.84. The maximum Gasteiger partial charge on any atom is 0.258 e. The smallest absolute Gasteiger partial charge is 0.258 e. The van der Waals surface area contributed by atoms with Gasteiger partial charge in [0.2, 0.25) is 5.82 Å². The molecule has 4 nitrogen and oxygen atoms in total. The van der Waals surface area contributed by atoms with Crippen LogP contribution in [0.3, 0.4) is 0 Å². The zero-order chi connectivity index (χ0) is 17.1. The third-order valence-corrected chi connectivity index (χ3v) is 4.04. The lowest BCUT2D eigenvalue weighted by Crippen LogP contribution is -1.93. The van der Waals surface area contributed by atoms with Crippen LogP contribution >= 0.6 is 0 Å². The first-order valence-electron chi connectivity index (χ1n) is 8.20. The van der Waals surface area contributed by atoms with Gasteiger partial charge in [-0.2, -0.15) is 4.98 Å². The van der Waals surface area contributed by atoms with E-state index < -0.39 is 0 Å². The Morgan fingerprint density at radius 3 is 2.38 bits per heavy atom. The van der Waals surface area contributed by atoms with E-state index in [2.05, 4.69) is 36.1 Å². The van der Waals surface area contributed by atoms with Crippen molar-refractivity contribution in [2.45, 2.75) is 33.8 Å². The summed E-state index contributed by atoms with van der Waals surface area (Å²) in [4.78, 5) is 4.50. The van der Waals surface area contributed by atoms with Crippen molar-refractivity contribution in [1.82, 2.24) is 10.1 Å². The van der Waals surface area contributed by atoms with E-state index in [0.717, 1.165) is 28.7 Å². The molecule has 1 aromatic heterocycles. The second-order valence-corrected chi connectivity index (χ2v) is 6.52. The van der Waals surface area contributed by atoms with Crippen molar-refractivity contribution in [3.8, 4) is 22.8 Å². The Labute approximate surface area is 142 Å². The largest absolute Gasteiger partial charge is 0.392 e. The van der Waals surface area contributed by atoms with Gasteiger partial charge in [0.15, 0.2) is 0 Å². The van der Waals surface area contributed by atoms with Gasteiger partial charge >= 0.3 is 0 Å². The maximum absolute atomic E-state index is 9.26. The molecule has 0 aliphatic rings. The van der Waals surface area contributed by atoms with Gasteiger partial charge in [-0.25, -0.2) is 0 Å². The Morgan fingerprint density at radius 2 is 1.75 bits per heavy atom. The van der Waals surface area contributed by atoms with Crippen molar-refractivity contribution in [2.75, 3.05) is 0 Å². The Kier molecular flexibility index (Phi) is 4.76. The van der Waals surface area contributed by atoms with E-state index in [9.17, 15) is 5.11 Å². The molecule has 0 saturated carbocycles. The van der Waals surface area contributed by atoms with Crippen molar-refractivity contribution >= 4 is 0 Å². The Hall–Kier alpha value is -2.46. The number of benzene rings is 2. The van der Waals surface area contributed by atoms with E-state index >= 15 is 0 Å². The molecule has 24 heavy (non-hydrogen) atoms. The lowest BCUT2D eigenvalue weighted by atomic mass is 10.0. The van der Waals surface area contributed by atoms with Crippen LogP contribution < -0.4 is 0 Å². The topological polar surface area (TPSA) is 59.2 Å². The first kappa shape index (κ1) is 16.4. The monoisotopic (exact) mass is 322 g/mol. The van der Waals surface area contributed by atoms with E-state index in [4.69, 9.17) is 4.52 Å². The number of hydrogen-bond donors (Lipinski definition) is 1. The maximum atomic E-state index is 9.26. The third-order valence-electron chi connectivity index (χ3n) is 4.04. The van der Waals surface area contributed by atoms with Crippen LogP contribution in [0.25, 0.3) is 22.8 Å². The molecular weight excluding hydrogens is 300 g/mol. The molecule has 0 amide bonds. The van der Waals surface area contributed by atoms with Crippen LogP contribution in [0.5, 0.6) is 0 Å². The van der Waals surface area contributed by atoms with Crippen molar-refractivity contribution in [3.05, 3.63) is 59.2 Å². The summed E-state index contributed by atoms with van der Waals surface area (Å²) in [5, 5.41) is 13.3. The number of aliphatic hydroxyl groups excluding tert-OH is 1. The molecular formula is C20H22N2O2. The molecule has 0 fully saturated rings. The molecule has 0 aliphatic heterocycles. The highest BCUT2D eigenvalue weighted by Crippen LogP contribution is 2.24. The van der Waals surface area contributed by atoms with E-state index in [-0.39, 0.29) is 6.61 Å². The molecule has 0 spiro atoms. The highest BCUT2D eigenvalue weighted by molar-refractivity contribution is 5.61. The Bertz CT molecular complexity index is 820. The minimum atomic E-state index is 0.0341. The van der Waals surface area contributed by atoms with Crippen molar-refractivity contribution in [1.29, 1.82) is 0 Å². The van der Waals surface area contributed by atoms with Crippen LogP contribution in [0.4, 0.5) is 0 Å². The van der Waals surface area contributed by atoms with Crippen LogP contribution in [0.2, 0.25) is 0 Å². The average molecular weight is 322 g/mol. The van der Waals surface area contributed by atoms with Crippen molar-refractivity contribution in [2.24, 2.45) is 5.92 Å². The van der Waals surface area contributed by atoms with Gasteiger partial charge in [-0.15, -0.1) is 0 Å². The highest BCUT2D eigenvalue weighted by Gasteiger charge is 2.11. The number of hydrogen-bond acceptors (Lipinski definition) is 4. The van der Waals surface area contributed by atoms with Crippen LogP contribution in [-0.2, 0) is 13.0 Å². The molecule has 3 aromatic rings. The lowest BCUT2D eigenvalue weighted by Gasteiger charge is -2.04. The summed E-state index contributed by atoms with van der Waals surface area (Å²) >= 11 is 0. The summed E-state index contributed by atoms with van der Waals surface area (Å²) in [6.45, 7) is 6.42. The van der Waals surface area contributed by atoms with Gasteiger partial charge in [-0.1, -0.05) is 43.3 Å². The fraction of sp³-hybridized carbons (Fsp3) is 0.300. The second kappa shape index (κ2) is 6.97. The molecule has 4 heteroatoms. The SMILES string of the molecule is Cc1cc(-c2noc(-c3ccc(CC(C)C)cc3)n2)ccc1CO. The van der Waals surface area contributed by atoms with Crippen LogP contribution in [0, 0.1) is 12.8 Å². The average Bonchev–Trinajstić information content (AvgIpc) is 3.05. The molecule has 0 atom stereocenters. The van der Waals surface area contributed by atoms with E-state index in [0.29, 0.717) is 17.6 Å². The summed E-state index contributed by atoms with van der Waals surface area (Å²) in [5.74, 6) is 1.71. The van der Waals surface area contributed by atoms with E-state index in [1.54, 1.807) is 0 Å². The molecule has 0 unspecified atom stereocenters. The van der Waals surface area contributed by atoms with Gasteiger partial charge in [0.1, 0.15) is 0 Å². The van der Waals surface area contributed by atoms with Gasteiger partial charge in [-0.3, -0.25) is 0 Å². The van der Waals surface area contributed by atoms with E-state index in [1.807, 2.05) is 37.3 Å². The number of rotatable bonds is 5. The van der Waals surface area contributed by atoms with Crippen LogP contribution in [-0.4, -0.2) is 15.2 Å². The van der Waals surface area contributed by atoms with Gasteiger partial charge in [-0.05, 0) is 54.2 Å². The summed E-state index contributed by atoms with van der Waals surface area (Å²) in [7, 11) is 0. The number of nitrogens with zero attached hydrogens (tertiary/aromatic N) is 2. The molecule has 1 N–H and O–H groups in total. The molecule has 0 bridgehead atoms. The predicted octanol–water partition coefficient (Wildman–Crippen LogP) is 4.40. The molecule has 0 saturated heterocycles. The summed E-state index contributed by atoms with van der Waals surface area (Å²) < 4.78 is 5.41. The van der Waals surface area contributed by atoms with Gasteiger partial charge in [0.05, 0.1) is 6.61 Å². The Morgan fingerprint density at radius 1 is 1.04 bits per heavy atom. The molecule has 1 heterocycles. The zero-order valence-electron chi connectivity index (χ0n) is 14.3. The summed E-state index contributed by atoms with van der Waals surface area (Å²) in [6, 6.07) is 14.0. The third kappa shape index (κ3) is 3.54. The highest BCUT2D eigenvalue weighted by atomic mass is 16.5. The zero-order valence-corrected chi connectivity index (χ0v) is 14.3. The first-order chi connectivity index (χ1) is 11.6. The minimum Gasteiger partial charge on any atom is -0.392 e. The van der Waals surface area contributed by atoms with Crippen molar-refractivity contribution < 1.29 is 9.63 Å². The van der Waals surface area contributed by atoms with E-state index in [1.165, 1.54) is 5.56 Å². The van der Waals surface area contributed by atoms with Crippen LogP contribution in [0.1, 0.15) is 30.5 Å². The molecule has 0 radical (unpaired) electrons. The second-order valence-electron chi connectivity index (χ2n) is 6.52. The normalized spacial score (nSPS) is 11.2.